The predicted octanol–water partition coefficient (Wildman–Crippen LogP) is 1.55. The van der Waals surface area contributed by atoms with Gasteiger partial charge in [0.25, 0.3) is 0 Å². The smallest absolute Gasteiger partial charge is 0.211 e. The van der Waals surface area contributed by atoms with E-state index in [1.807, 2.05) is 7.05 Å². The molecule has 134 valence electrons. The minimum absolute atomic E-state index is 0. The standard InChI is InChI=1S/C12H21Cl2N5O2S.HI/c1-4-22(20,21)18-6-5-16-12(15-2)17-8-9-7-10(13)11(14)19(9)3;/h7,18H,4-6,8H2,1-3H3,(H2,15,16,17);1H. The van der Waals surface area contributed by atoms with Crippen molar-refractivity contribution >= 4 is 63.2 Å². The molecule has 1 heterocycles. The Bertz CT molecular complexity index is 634. The van der Waals surface area contributed by atoms with Crippen LogP contribution in [0.15, 0.2) is 11.1 Å². The van der Waals surface area contributed by atoms with E-state index >= 15 is 0 Å². The van der Waals surface area contributed by atoms with Crippen LogP contribution in [0.3, 0.4) is 0 Å². The first-order chi connectivity index (χ1) is 10.3. The molecule has 0 aliphatic carbocycles. The summed E-state index contributed by atoms with van der Waals surface area (Å²) in [4.78, 5) is 4.06. The third-order valence-corrected chi connectivity index (χ3v) is 5.24. The van der Waals surface area contributed by atoms with Crippen LogP contribution in [0, 0.1) is 0 Å². The first-order valence-corrected chi connectivity index (χ1v) is 9.13. The summed E-state index contributed by atoms with van der Waals surface area (Å²) in [6, 6.07) is 1.78. The summed E-state index contributed by atoms with van der Waals surface area (Å²) in [5.74, 6) is 0.624. The number of aromatic nitrogens is 1. The first kappa shape index (κ1) is 22.8. The van der Waals surface area contributed by atoms with Crippen molar-refractivity contribution in [2.75, 3.05) is 25.9 Å². The fraction of sp³-hybridized carbons (Fsp3) is 0.583. The van der Waals surface area contributed by atoms with Crippen molar-refractivity contribution in [2.24, 2.45) is 12.0 Å². The van der Waals surface area contributed by atoms with Gasteiger partial charge in [-0.15, -0.1) is 24.0 Å². The van der Waals surface area contributed by atoms with E-state index in [-0.39, 0.29) is 29.7 Å². The predicted molar refractivity (Wildman–Crippen MR) is 107 cm³/mol. The Labute approximate surface area is 164 Å². The van der Waals surface area contributed by atoms with E-state index in [4.69, 9.17) is 23.2 Å². The van der Waals surface area contributed by atoms with Gasteiger partial charge in [-0.3, -0.25) is 4.99 Å². The molecular formula is C12H22Cl2IN5O2S. The zero-order chi connectivity index (χ0) is 16.8. The van der Waals surface area contributed by atoms with Gasteiger partial charge in [-0.05, 0) is 13.0 Å². The minimum atomic E-state index is -3.17. The molecule has 0 radical (unpaired) electrons. The fourth-order valence-corrected chi connectivity index (χ4v) is 2.68. The van der Waals surface area contributed by atoms with Gasteiger partial charge in [0.2, 0.25) is 10.0 Å². The second-order valence-electron chi connectivity index (χ2n) is 4.48. The summed E-state index contributed by atoms with van der Waals surface area (Å²) in [6.45, 7) is 2.79. The lowest BCUT2D eigenvalue weighted by Gasteiger charge is -2.12. The fourth-order valence-electron chi connectivity index (χ4n) is 1.64. The highest BCUT2D eigenvalue weighted by atomic mass is 127. The van der Waals surface area contributed by atoms with Crippen LogP contribution >= 0.6 is 47.2 Å². The van der Waals surface area contributed by atoms with E-state index < -0.39 is 10.0 Å². The van der Waals surface area contributed by atoms with Crippen LogP contribution in [-0.4, -0.2) is 44.8 Å². The summed E-state index contributed by atoms with van der Waals surface area (Å²) >= 11 is 11.9. The molecule has 0 aliphatic heterocycles. The molecule has 1 rings (SSSR count). The van der Waals surface area contributed by atoms with Gasteiger partial charge in [-0.25, -0.2) is 13.1 Å². The van der Waals surface area contributed by atoms with Crippen LogP contribution in [0.1, 0.15) is 12.6 Å². The summed E-state index contributed by atoms with van der Waals surface area (Å²) in [5, 5.41) is 7.10. The van der Waals surface area contributed by atoms with Crippen LogP contribution < -0.4 is 15.4 Å². The Morgan fingerprint density at radius 3 is 2.43 bits per heavy atom. The van der Waals surface area contributed by atoms with Crippen molar-refractivity contribution in [3.63, 3.8) is 0 Å². The Hall–Kier alpha value is -0.230. The molecule has 1 aromatic rings. The van der Waals surface area contributed by atoms with E-state index in [9.17, 15) is 8.42 Å². The molecule has 1 aromatic heterocycles. The molecule has 7 nitrogen and oxygen atoms in total. The van der Waals surface area contributed by atoms with Crippen LogP contribution in [0.2, 0.25) is 10.2 Å². The van der Waals surface area contributed by atoms with Gasteiger partial charge in [0.15, 0.2) is 5.96 Å². The van der Waals surface area contributed by atoms with Crippen LogP contribution in [-0.2, 0) is 23.6 Å². The molecule has 3 N–H and O–H groups in total. The average Bonchev–Trinajstić information content (AvgIpc) is 2.74. The quantitative estimate of drug-likeness (QED) is 0.231. The number of nitrogens with one attached hydrogen (secondary N) is 3. The summed E-state index contributed by atoms with van der Waals surface area (Å²) < 4.78 is 26.8. The van der Waals surface area contributed by atoms with Crippen molar-refractivity contribution in [1.29, 1.82) is 0 Å². The Morgan fingerprint density at radius 2 is 1.96 bits per heavy atom. The molecule has 0 saturated heterocycles. The lowest BCUT2D eigenvalue weighted by atomic mass is 10.4. The van der Waals surface area contributed by atoms with Crippen molar-refractivity contribution in [2.45, 2.75) is 13.5 Å². The maximum Gasteiger partial charge on any atom is 0.211 e. The third kappa shape index (κ3) is 7.46. The van der Waals surface area contributed by atoms with Gasteiger partial charge in [-0.1, -0.05) is 23.2 Å². The Morgan fingerprint density at radius 1 is 1.30 bits per heavy atom. The highest BCUT2D eigenvalue weighted by molar-refractivity contribution is 14.0. The molecule has 0 amide bonds. The molecule has 0 saturated carbocycles. The Balaban J connectivity index is 0.00000484. The Kier molecular flexibility index (Phi) is 10.5. The number of guanidine groups is 1. The second kappa shape index (κ2) is 10.6. The average molecular weight is 498 g/mol. The van der Waals surface area contributed by atoms with E-state index in [1.54, 1.807) is 24.6 Å². The minimum Gasteiger partial charge on any atom is -0.355 e. The maximum atomic E-state index is 11.3. The zero-order valence-corrected chi connectivity index (χ0v) is 17.8. The van der Waals surface area contributed by atoms with E-state index in [2.05, 4.69) is 20.3 Å². The molecule has 0 atom stereocenters. The van der Waals surface area contributed by atoms with Crippen LogP contribution in [0.5, 0.6) is 0 Å². The summed E-state index contributed by atoms with van der Waals surface area (Å²) in [6.07, 6.45) is 0. The van der Waals surface area contributed by atoms with Crippen molar-refractivity contribution < 1.29 is 8.42 Å². The van der Waals surface area contributed by atoms with Crippen molar-refractivity contribution in [3.05, 3.63) is 21.9 Å². The zero-order valence-electron chi connectivity index (χ0n) is 13.2. The molecule has 0 aliphatic rings. The lowest BCUT2D eigenvalue weighted by molar-refractivity contribution is 0.581. The molecule has 0 spiro atoms. The number of sulfonamides is 1. The van der Waals surface area contributed by atoms with E-state index in [0.29, 0.717) is 35.8 Å². The maximum absolute atomic E-state index is 11.3. The highest BCUT2D eigenvalue weighted by Gasteiger charge is 2.09. The number of hydrogen-bond acceptors (Lipinski definition) is 3. The number of nitrogens with zero attached hydrogens (tertiary/aromatic N) is 2. The van der Waals surface area contributed by atoms with Gasteiger partial charge in [0.05, 0.1) is 17.3 Å². The topological polar surface area (TPSA) is 87.5 Å². The monoisotopic (exact) mass is 497 g/mol. The SMILES string of the molecule is CCS(=O)(=O)NCCNC(=NC)NCc1cc(Cl)c(Cl)n1C.I. The van der Waals surface area contributed by atoms with Crippen LogP contribution in [0.4, 0.5) is 0 Å². The molecule has 0 fully saturated rings. The summed E-state index contributed by atoms with van der Waals surface area (Å²) in [5.41, 5.74) is 0.907. The van der Waals surface area contributed by atoms with Gasteiger partial charge in [-0.2, -0.15) is 0 Å². The molecule has 23 heavy (non-hydrogen) atoms. The van der Waals surface area contributed by atoms with Crippen molar-refractivity contribution in [3.8, 4) is 0 Å². The highest BCUT2D eigenvalue weighted by Crippen LogP contribution is 2.24. The third-order valence-electron chi connectivity index (χ3n) is 3.00. The van der Waals surface area contributed by atoms with Crippen molar-refractivity contribution in [1.82, 2.24) is 19.9 Å². The number of rotatable bonds is 7. The number of halogens is 3. The van der Waals surface area contributed by atoms with Gasteiger partial charge in [0.1, 0.15) is 5.15 Å². The van der Waals surface area contributed by atoms with Crippen LogP contribution in [0.25, 0.3) is 0 Å². The largest absolute Gasteiger partial charge is 0.355 e. The van der Waals surface area contributed by atoms with Gasteiger partial charge >= 0.3 is 0 Å². The van der Waals surface area contributed by atoms with Gasteiger partial charge in [0, 0.05) is 32.9 Å². The number of hydrogen-bond donors (Lipinski definition) is 3. The van der Waals surface area contributed by atoms with Gasteiger partial charge < -0.3 is 15.2 Å². The second-order valence-corrected chi connectivity index (χ2v) is 7.34. The lowest BCUT2D eigenvalue weighted by Crippen LogP contribution is -2.41. The molecule has 0 aromatic carbocycles. The molecular weight excluding hydrogens is 476 g/mol. The summed E-state index contributed by atoms with van der Waals surface area (Å²) in [7, 11) is 0.286. The molecule has 0 unspecified atom stereocenters. The van der Waals surface area contributed by atoms with E-state index in [0.717, 1.165) is 5.69 Å². The first-order valence-electron chi connectivity index (χ1n) is 6.72. The van der Waals surface area contributed by atoms with E-state index in [1.165, 1.54) is 0 Å². The number of aliphatic imine (C=N–C) groups is 1. The molecule has 0 bridgehead atoms. The molecule has 11 heteroatoms. The normalized spacial score (nSPS) is 12.0.